The van der Waals surface area contributed by atoms with E-state index in [1.165, 1.54) is 22.3 Å². The average Bonchev–Trinajstić information content (AvgIpc) is 2.67. The molecule has 130 valence electrons. The van der Waals surface area contributed by atoms with Crippen LogP contribution in [-0.4, -0.2) is 17.8 Å². The Labute approximate surface area is 156 Å². The van der Waals surface area contributed by atoms with Crippen LogP contribution in [0.15, 0.2) is 84.9 Å². The van der Waals surface area contributed by atoms with Crippen molar-refractivity contribution in [1.82, 2.24) is 0 Å². The van der Waals surface area contributed by atoms with Gasteiger partial charge in [-0.3, -0.25) is 0 Å². The number of hydrogen-bond acceptors (Lipinski definition) is 1. The first-order chi connectivity index (χ1) is 11.8. The highest BCUT2D eigenvalue weighted by molar-refractivity contribution is 5.63. The first-order valence-electron chi connectivity index (χ1n) is 8.47. The molecule has 0 heterocycles. The molecule has 3 aromatic rings. The van der Waals surface area contributed by atoms with E-state index in [0.717, 1.165) is 13.0 Å². The minimum atomic E-state index is 0. The van der Waals surface area contributed by atoms with E-state index in [2.05, 4.69) is 66.0 Å². The van der Waals surface area contributed by atoms with Gasteiger partial charge in [-0.15, -0.1) is 0 Å². The third-order valence-electron chi connectivity index (χ3n) is 4.32. The van der Waals surface area contributed by atoms with Crippen LogP contribution in [0.3, 0.4) is 0 Å². The molecule has 3 N–H and O–H groups in total. The van der Waals surface area contributed by atoms with Gasteiger partial charge >= 0.3 is 0 Å². The summed E-state index contributed by atoms with van der Waals surface area (Å²) in [5, 5.41) is 11.9. The Morgan fingerprint density at radius 1 is 0.680 bits per heavy atom. The molecule has 0 aliphatic rings. The van der Waals surface area contributed by atoms with E-state index < -0.39 is 0 Å². The molecule has 0 amide bonds. The van der Waals surface area contributed by atoms with Crippen molar-refractivity contribution in [3.8, 4) is 11.1 Å². The maximum Gasteiger partial charge on any atom is 0.114 e. The van der Waals surface area contributed by atoms with Gasteiger partial charge in [0.25, 0.3) is 0 Å². The summed E-state index contributed by atoms with van der Waals surface area (Å²) in [5.74, 6) is 0. The van der Waals surface area contributed by atoms with Crippen molar-refractivity contribution in [1.29, 1.82) is 0 Å². The Kier molecular flexibility index (Phi) is 7.68. The van der Waals surface area contributed by atoms with E-state index in [9.17, 15) is 5.11 Å². The van der Waals surface area contributed by atoms with Crippen LogP contribution in [0.5, 0.6) is 0 Å². The summed E-state index contributed by atoms with van der Waals surface area (Å²) in [6.07, 6.45) is 0.888. The van der Waals surface area contributed by atoms with Crippen molar-refractivity contribution in [3.05, 3.63) is 96.1 Å². The number of quaternary nitrogens is 1. The summed E-state index contributed by atoms with van der Waals surface area (Å²) in [6.45, 7) is 1.07. The van der Waals surface area contributed by atoms with Gasteiger partial charge in [-0.05, 0) is 16.7 Å². The van der Waals surface area contributed by atoms with Crippen molar-refractivity contribution >= 4 is 0 Å². The summed E-state index contributed by atoms with van der Waals surface area (Å²) in [5.41, 5.74) is 5.03. The highest BCUT2D eigenvalue weighted by Crippen LogP contribution is 2.18. The molecule has 0 aliphatic heterocycles. The molecule has 0 aliphatic carbocycles. The van der Waals surface area contributed by atoms with E-state index in [4.69, 9.17) is 0 Å². The summed E-state index contributed by atoms with van der Waals surface area (Å²) < 4.78 is 0. The van der Waals surface area contributed by atoms with Crippen molar-refractivity contribution in [3.63, 3.8) is 0 Å². The first-order valence-corrected chi connectivity index (χ1v) is 8.47. The molecule has 3 rings (SSSR count). The Morgan fingerprint density at radius 2 is 1.24 bits per heavy atom. The van der Waals surface area contributed by atoms with Crippen LogP contribution >= 0.6 is 0 Å². The van der Waals surface area contributed by atoms with Gasteiger partial charge in [0.15, 0.2) is 0 Å². The zero-order valence-corrected chi connectivity index (χ0v) is 14.9. The van der Waals surface area contributed by atoms with Crippen LogP contribution < -0.4 is 17.7 Å². The molecule has 2 nitrogen and oxygen atoms in total. The van der Waals surface area contributed by atoms with Crippen LogP contribution in [0.2, 0.25) is 0 Å². The van der Waals surface area contributed by atoms with Gasteiger partial charge in [0, 0.05) is 12.0 Å². The highest BCUT2D eigenvalue weighted by Gasteiger charge is 2.11. The maximum atomic E-state index is 9.63. The normalized spacial score (nSPS) is 11.6. The molecule has 0 saturated heterocycles. The lowest BCUT2D eigenvalue weighted by molar-refractivity contribution is -0.705. The third kappa shape index (κ3) is 5.71. The Balaban J connectivity index is 0.00000225. The monoisotopic (exact) mass is 353 g/mol. The van der Waals surface area contributed by atoms with Crippen LogP contribution in [0.1, 0.15) is 11.1 Å². The largest absolute Gasteiger partial charge is 1.00 e. The van der Waals surface area contributed by atoms with Gasteiger partial charge in [-0.25, -0.2) is 0 Å². The second kappa shape index (κ2) is 10.00. The molecule has 0 unspecified atom stereocenters. The average molecular weight is 354 g/mol. The molecule has 0 bridgehead atoms. The zero-order chi connectivity index (χ0) is 16.6. The van der Waals surface area contributed by atoms with Gasteiger partial charge in [0.2, 0.25) is 0 Å². The molecule has 25 heavy (non-hydrogen) atoms. The summed E-state index contributed by atoms with van der Waals surface area (Å²) in [4.78, 5) is 0. The summed E-state index contributed by atoms with van der Waals surface area (Å²) in [6, 6.07) is 29.7. The van der Waals surface area contributed by atoms with Crippen molar-refractivity contribution in [2.24, 2.45) is 0 Å². The van der Waals surface area contributed by atoms with Gasteiger partial charge in [0.1, 0.15) is 12.6 Å². The second-order valence-electron chi connectivity index (χ2n) is 6.14. The maximum absolute atomic E-state index is 9.63. The van der Waals surface area contributed by atoms with Crippen LogP contribution in [-0.2, 0) is 13.0 Å². The number of benzene rings is 3. The van der Waals surface area contributed by atoms with Gasteiger partial charge < -0.3 is 22.8 Å². The quantitative estimate of drug-likeness (QED) is 0.617. The van der Waals surface area contributed by atoms with Crippen LogP contribution in [0.25, 0.3) is 11.1 Å². The topological polar surface area (TPSA) is 36.8 Å². The number of aliphatic hydroxyl groups is 1. The number of aliphatic hydroxyl groups excluding tert-OH is 1. The fourth-order valence-electron chi connectivity index (χ4n) is 2.91. The fourth-order valence-corrected chi connectivity index (χ4v) is 2.91. The standard InChI is InChI=1S/C22H23NO.ClH/c24-17-22(15-18-7-3-1-4-8-18)23-16-19-11-13-21(14-12-19)20-9-5-2-6-10-20;/h1-14,22-24H,15-17H2;1H/t22-;/m1./s1. The Morgan fingerprint density at radius 3 is 1.84 bits per heavy atom. The molecule has 0 radical (unpaired) electrons. The Bertz CT molecular complexity index is 729. The number of nitrogens with two attached hydrogens (primary N) is 1. The second-order valence-corrected chi connectivity index (χ2v) is 6.14. The fraction of sp³-hybridized carbons (Fsp3) is 0.182. The lowest BCUT2D eigenvalue weighted by Crippen LogP contribution is -3.00. The van der Waals surface area contributed by atoms with Crippen molar-refractivity contribution < 1.29 is 22.8 Å². The smallest absolute Gasteiger partial charge is 0.114 e. The molecule has 0 saturated carbocycles. The summed E-state index contributed by atoms with van der Waals surface area (Å²) in [7, 11) is 0. The van der Waals surface area contributed by atoms with E-state index in [1.54, 1.807) is 0 Å². The van der Waals surface area contributed by atoms with Gasteiger partial charge in [-0.1, -0.05) is 84.9 Å². The SMILES string of the molecule is OC[C@@H](Cc1ccccc1)[NH2+]Cc1ccc(-c2ccccc2)cc1.[Cl-]. The minimum absolute atomic E-state index is 0. The molecule has 3 aromatic carbocycles. The zero-order valence-electron chi connectivity index (χ0n) is 14.2. The third-order valence-corrected chi connectivity index (χ3v) is 4.32. The number of rotatable bonds is 7. The molecule has 0 spiro atoms. The minimum Gasteiger partial charge on any atom is -1.00 e. The lowest BCUT2D eigenvalue weighted by Gasteiger charge is -2.13. The van der Waals surface area contributed by atoms with E-state index in [0.29, 0.717) is 0 Å². The Hall–Kier alpha value is -2.13. The number of halogens is 1. The molecular weight excluding hydrogens is 330 g/mol. The van der Waals surface area contributed by atoms with Crippen molar-refractivity contribution in [2.75, 3.05) is 6.61 Å². The highest BCUT2D eigenvalue weighted by atomic mass is 35.5. The molecule has 0 fully saturated rings. The number of hydrogen-bond donors (Lipinski definition) is 2. The van der Waals surface area contributed by atoms with E-state index >= 15 is 0 Å². The first kappa shape index (κ1) is 19.2. The van der Waals surface area contributed by atoms with Gasteiger partial charge in [-0.2, -0.15) is 0 Å². The van der Waals surface area contributed by atoms with Gasteiger partial charge in [0.05, 0.1) is 6.61 Å². The lowest BCUT2D eigenvalue weighted by atomic mass is 10.0. The predicted octanol–water partition coefficient (Wildman–Crippen LogP) is 0.0246. The molecule has 3 heteroatoms. The van der Waals surface area contributed by atoms with Crippen LogP contribution in [0, 0.1) is 0 Å². The molecular formula is C22H24ClNO. The van der Waals surface area contributed by atoms with E-state index in [1.807, 2.05) is 24.3 Å². The predicted molar refractivity (Wildman–Crippen MR) is 98.5 cm³/mol. The summed E-state index contributed by atoms with van der Waals surface area (Å²) >= 11 is 0. The van der Waals surface area contributed by atoms with E-state index in [-0.39, 0.29) is 25.1 Å². The molecule has 1 atom stereocenters. The van der Waals surface area contributed by atoms with Crippen LogP contribution in [0.4, 0.5) is 0 Å². The molecule has 0 aromatic heterocycles. The van der Waals surface area contributed by atoms with Crippen molar-refractivity contribution in [2.45, 2.75) is 19.0 Å².